The Hall–Kier alpha value is -2.45. The second-order valence-corrected chi connectivity index (χ2v) is 9.46. The topological polar surface area (TPSA) is 70.8 Å². The summed E-state index contributed by atoms with van der Waals surface area (Å²) in [4.78, 5) is 13.7. The van der Waals surface area contributed by atoms with Gasteiger partial charge >= 0.3 is 0 Å². The van der Waals surface area contributed by atoms with E-state index < -0.39 is 15.8 Å². The standard InChI is InChI=1S/C21H23FN2O4S/c1-15-14-17(15)19-8-6-16(28-19)7-9-21(25)23-10-12-24(13-11-23)29(26,27)20-5-3-2-4-18(20)22/h2-9,15,17H,10-14H2,1H3/b9-7+. The van der Waals surface area contributed by atoms with E-state index in [4.69, 9.17) is 4.42 Å². The third kappa shape index (κ3) is 4.13. The summed E-state index contributed by atoms with van der Waals surface area (Å²) in [6, 6.07) is 9.12. The van der Waals surface area contributed by atoms with Gasteiger partial charge in [0, 0.05) is 38.2 Å². The normalized spacial score (nSPS) is 22.9. The fraction of sp³-hybridized carbons (Fsp3) is 0.381. The molecule has 1 aromatic heterocycles. The van der Waals surface area contributed by atoms with E-state index in [2.05, 4.69) is 6.92 Å². The lowest BCUT2D eigenvalue weighted by Crippen LogP contribution is -2.50. The van der Waals surface area contributed by atoms with Crippen LogP contribution in [0.2, 0.25) is 0 Å². The van der Waals surface area contributed by atoms with Crippen LogP contribution in [0.25, 0.3) is 6.08 Å². The van der Waals surface area contributed by atoms with E-state index in [1.807, 2.05) is 12.1 Å². The lowest BCUT2D eigenvalue weighted by Gasteiger charge is -2.33. The van der Waals surface area contributed by atoms with Crippen molar-refractivity contribution in [1.82, 2.24) is 9.21 Å². The summed E-state index contributed by atoms with van der Waals surface area (Å²) in [6.07, 6.45) is 4.22. The van der Waals surface area contributed by atoms with Crippen LogP contribution in [0.4, 0.5) is 4.39 Å². The minimum Gasteiger partial charge on any atom is -0.461 e. The zero-order valence-corrected chi connectivity index (χ0v) is 16.9. The van der Waals surface area contributed by atoms with Crippen LogP contribution in [-0.4, -0.2) is 49.7 Å². The Kier molecular flexibility index (Phi) is 5.31. The SMILES string of the molecule is CC1CC1c1ccc(/C=C/C(=O)N2CCN(S(=O)(=O)c3ccccc3F)CC2)o1. The van der Waals surface area contributed by atoms with Crippen molar-refractivity contribution >= 4 is 22.0 Å². The van der Waals surface area contributed by atoms with Gasteiger partial charge in [-0.2, -0.15) is 4.31 Å². The molecule has 2 unspecified atom stereocenters. The molecule has 1 aliphatic carbocycles. The van der Waals surface area contributed by atoms with Crippen molar-refractivity contribution in [3.05, 3.63) is 59.8 Å². The number of rotatable bonds is 5. The number of piperazine rings is 1. The maximum absolute atomic E-state index is 13.9. The van der Waals surface area contributed by atoms with Gasteiger partial charge in [-0.25, -0.2) is 12.8 Å². The first kappa shape index (κ1) is 19.8. The zero-order chi connectivity index (χ0) is 20.6. The fourth-order valence-electron chi connectivity index (χ4n) is 3.58. The van der Waals surface area contributed by atoms with Crippen LogP contribution in [0.1, 0.15) is 30.8 Å². The predicted octanol–water partition coefficient (Wildman–Crippen LogP) is 3.09. The summed E-state index contributed by atoms with van der Waals surface area (Å²) in [7, 11) is -3.91. The molecule has 2 atom stereocenters. The largest absolute Gasteiger partial charge is 0.461 e. The highest BCUT2D eigenvalue weighted by Crippen LogP contribution is 2.47. The first-order valence-corrected chi connectivity index (χ1v) is 11.1. The van der Waals surface area contributed by atoms with Crippen LogP contribution in [-0.2, 0) is 14.8 Å². The van der Waals surface area contributed by atoms with Crippen LogP contribution in [0.5, 0.6) is 0 Å². The Morgan fingerprint density at radius 1 is 1.14 bits per heavy atom. The molecule has 1 amide bonds. The van der Waals surface area contributed by atoms with Crippen LogP contribution >= 0.6 is 0 Å². The van der Waals surface area contributed by atoms with E-state index in [1.54, 1.807) is 11.0 Å². The molecule has 8 heteroatoms. The van der Waals surface area contributed by atoms with Gasteiger partial charge < -0.3 is 9.32 Å². The van der Waals surface area contributed by atoms with Gasteiger partial charge in [-0.05, 0) is 42.7 Å². The highest BCUT2D eigenvalue weighted by molar-refractivity contribution is 7.89. The first-order chi connectivity index (χ1) is 13.9. The quantitative estimate of drug-likeness (QED) is 0.700. The van der Waals surface area contributed by atoms with E-state index in [0.717, 1.165) is 18.2 Å². The number of hydrogen-bond donors (Lipinski definition) is 0. The Morgan fingerprint density at radius 3 is 2.48 bits per heavy atom. The lowest BCUT2D eigenvalue weighted by atomic mass is 10.3. The van der Waals surface area contributed by atoms with Crippen molar-refractivity contribution in [2.75, 3.05) is 26.2 Å². The third-order valence-electron chi connectivity index (χ3n) is 5.52. The van der Waals surface area contributed by atoms with Crippen LogP contribution < -0.4 is 0 Å². The lowest BCUT2D eigenvalue weighted by molar-refractivity contribution is -0.127. The molecule has 1 saturated heterocycles. The molecule has 1 aromatic carbocycles. The first-order valence-electron chi connectivity index (χ1n) is 9.67. The molecule has 2 fully saturated rings. The zero-order valence-electron chi connectivity index (χ0n) is 16.1. The summed E-state index contributed by atoms with van der Waals surface area (Å²) in [5, 5.41) is 0. The summed E-state index contributed by atoms with van der Waals surface area (Å²) in [5.74, 6) is 1.75. The fourth-order valence-corrected chi connectivity index (χ4v) is 5.06. The van der Waals surface area contributed by atoms with E-state index in [0.29, 0.717) is 17.6 Å². The average Bonchev–Trinajstić information content (AvgIpc) is 3.25. The third-order valence-corrected chi connectivity index (χ3v) is 7.45. The second-order valence-electron chi connectivity index (χ2n) is 7.55. The number of nitrogens with zero attached hydrogens (tertiary/aromatic N) is 2. The summed E-state index contributed by atoms with van der Waals surface area (Å²) in [6.45, 7) is 2.93. The van der Waals surface area contributed by atoms with Crippen molar-refractivity contribution in [1.29, 1.82) is 0 Å². The highest BCUT2D eigenvalue weighted by atomic mass is 32.2. The average molecular weight is 418 g/mol. The van der Waals surface area contributed by atoms with Crippen LogP contribution in [0, 0.1) is 11.7 Å². The van der Waals surface area contributed by atoms with Gasteiger partial charge in [0.2, 0.25) is 15.9 Å². The Balaban J connectivity index is 1.35. The highest BCUT2D eigenvalue weighted by Gasteiger charge is 2.36. The molecule has 0 radical (unpaired) electrons. The number of halogens is 1. The number of carbonyl (C=O) groups excluding carboxylic acids is 1. The maximum atomic E-state index is 13.9. The Morgan fingerprint density at radius 2 is 1.83 bits per heavy atom. The molecule has 1 aliphatic heterocycles. The van der Waals surface area contributed by atoms with Gasteiger partial charge in [-0.3, -0.25) is 4.79 Å². The Labute approximate surface area is 169 Å². The van der Waals surface area contributed by atoms with Gasteiger partial charge in [0.05, 0.1) is 0 Å². The smallest absolute Gasteiger partial charge is 0.246 e. The second kappa shape index (κ2) is 7.76. The monoisotopic (exact) mass is 418 g/mol. The van der Waals surface area contributed by atoms with Gasteiger partial charge in [0.1, 0.15) is 22.2 Å². The molecular formula is C21H23FN2O4S. The number of amides is 1. The number of carbonyl (C=O) groups is 1. The molecule has 2 heterocycles. The van der Waals surface area contributed by atoms with E-state index in [9.17, 15) is 17.6 Å². The number of sulfonamides is 1. The van der Waals surface area contributed by atoms with Crippen molar-refractivity contribution in [3.8, 4) is 0 Å². The summed E-state index contributed by atoms with van der Waals surface area (Å²) < 4.78 is 46.1. The van der Waals surface area contributed by atoms with Crippen LogP contribution in [0.15, 0.2) is 51.8 Å². The molecule has 2 aromatic rings. The molecule has 0 spiro atoms. The molecule has 4 rings (SSSR count). The molecule has 2 aliphatic rings. The molecule has 1 saturated carbocycles. The van der Waals surface area contributed by atoms with Gasteiger partial charge in [-0.15, -0.1) is 0 Å². The number of hydrogen-bond acceptors (Lipinski definition) is 4. The van der Waals surface area contributed by atoms with Crippen molar-refractivity contribution < 1.29 is 22.0 Å². The van der Waals surface area contributed by atoms with Crippen molar-refractivity contribution in [3.63, 3.8) is 0 Å². The Bertz CT molecular complexity index is 1040. The minimum atomic E-state index is -3.91. The molecular weight excluding hydrogens is 395 g/mol. The van der Waals surface area contributed by atoms with E-state index >= 15 is 0 Å². The van der Waals surface area contributed by atoms with Crippen LogP contribution in [0.3, 0.4) is 0 Å². The minimum absolute atomic E-state index is 0.126. The van der Waals surface area contributed by atoms with E-state index in [-0.39, 0.29) is 37.0 Å². The van der Waals surface area contributed by atoms with E-state index in [1.165, 1.54) is 28.6 Å². The predicted molar refractivity (Wildman–Crippen MR) is 106 cm³/mol. The summed E-state index contributed by atoms with van der Waals surface area (Å²) >= 11 is 0. The number of furan rings is 1. The van der Waals surface area contributed by atoms with Gasteiger partial charge in [-0.1, -0.05) is 19.1 Å². The van der Waals surface area contributed by atoms with Gasteiger partial charge in [0.15, 0.2) is 0 Å². The molecule has 0 N–H and O–H groups in total. The molecule has 154 valence electrons. The van der Waals surface area contributed by atoms with Gasteiger partial charge in [0.25, 0.3) is 0 Å². The molecule has 6 nitrogen and oxygen atoms in total. The van der Waals surface area contributed by atoms with Crippen molar-refractivity contribution in [2.45, 2.75) is 24.2 Å². The van der Waals surface area contributed by atoms with Crippen molar-refractivity contribution in [2.24, 2.45) is 5.92 Å². The number of benzene rings is 1. The summed E-state index contributed by atoms with van der Waals surface area (Å²) in [5.41, 5.74) is 0. The molecule has 0 bridgehead atoms. The maximum Gasteiger partial charge on any atom is 0.246 e. The molecule has 29 heavy (non-hydrogen) atoms.